The summed E-state index contributed by atoms with van der Waals surface area (Å²) in [5.41, 5.74) is 4.18. The van der Waals surface area contributed by atoms with E-state index < -0.39 is 11.7 Å². The van der Waals surface area contributed by atoms with Crippen molar-refractivity contribution in [3.63, 3.8) is 0 Å². The van der Waals surface area contributed by atoms with Crippen molar-refractivity contribution in [1.29, 1.82) is 0 Å². The van der Waals surface area contributed by atoms with Crippen molar-refractivity contribution >= 4 is 17.7 Å². The van der Waals surface area contributed by atoms with E-state index in [2.05, 4.69) is 0 Å². The van der Waals surface area contributed by atoms with Crippen molar-refractivity contribution in [2.75, 3.05) is 19.7 Å². The van der Waals surface area contributed by atoms with Gasteiger partial charge in [0.1, 0.15) is 0 Å². The summed E-state index contributed by atoms with van der Waals surface area (Å²) in [6.45, 7) is 5.44. The molecule has 30 heavy (non-hydrogen) atoms. The van der Waals surface area contributed by atoms with Crippen LogP contribution in [0.15, 0.2) is 30.3 Å². The number of rotatable bonds is 2. The van der Waals surface area contributed by atoms with Crippen LogP contribution in [0.4, 0.5) is 18.0 Å². The first-order valence-corrected chi connectivity index (χ1v) is 10.5. The minimum absolute atomic E-state index is 0.0792. The van der Waals surface area contributed by atoms with Crippen LogP contribution in [0, 0.1) is 12.8 Å². The van der Waals surface area contributed by atoms with E-state index in [9.17, 15) is 18.0 Å². The van der Waals surface area contributed by atoms with Gasteiger partial charge in [-0.2, -0.15) is 13.2 Å². The molecule has 2 aliphatic rings. The lowest BCUT2D eigenvalue weighted by Crippen LogP contribution is -2.42. The lowest BCUT2D eigenvalue weighted by Gasteiger charge is -2.34. The highest BCUT2D eigenvalue weighted by Gasteiger charge is 2.39. The van der Waals surface area contributed by atoms with Gasteiger partial charge < -0.3 is 9.64 Å². The zero-order chi connectivity index (χ0) is 21.6. The topological polar surface area (TPSA) is 29.5 Å². The Morgan fingerprint density at radius 3 is 2.70 bits per heavy atom. The van der Waals surface area contributed by atoms with E-state index in [0.29, 0.717) is 31.2 Å². The monoisotopic (exact) mass is 437 g/mol. The van der Waals surface area contributed by atoms with Crippen LogP contribution in [0.5, 0.6) is 0 Å². The summed E-state index contributed by atoms with van der Waals surface area (Å²) in [5, 5.41) is 0.0792. The molecular formula is C23H23ClF3NO2. The first-order chi connectivity index (χ1) is 14.2. The number of amides is 1. The average Bonchev–Trinajstić information content (AvgIpc) is 3.06. The number of ether oxygens (including phenoxy) is 1. The Labute approximate surface area is 178 Å². The van der Waals surface area contributed by atoms with Crippen molar-refractivity contribution < 1.29 is 22.7 Å². The summed E-state index contributed by atoms with van der Waals surface area (Å²) in [5.74, 6) is 0.660. The average molecular weight is 438 g/mol. The molecular weight excluding hydrogens is 415 g/mol. The summed E-state index contributed by atoms with van der Waals surface area (Å²) < 4.78 is 44.1. The molecule has 1 saturated heterocycles. The maximum atomic E-state index is 13.0. The maximum Gasteiger partial charge on any atom is 0.416 e. The van der Waals surface area contributed by atoms with Gasteiger partial charge in [0.2, 0.25) is 0 Å². The second-order valence-corrected chi connectivity index (χ2v) is 8.46. The molecule has 1 aliphatic carbocycles. The Morgan fingerprint density at radius 2 is 2.03 bits per heavy atom. The van der Waals surface area contributed by atoms with Gasteiger partial charge in [0.25, 0.3) is 0 Å². The third kappa shape index (κ3) is 3.78. The maximum absolute atomic E-state index is 13.0. The highest BCUT2D eigenvalue weighted by Crippen LogP contribution is 2.46. The van der Waals surface area contributed by atoms with Gasteiger partial charge in [0, 0.05) is 29.6 Å². The number of fused-ring (bicyclic) bond motifs is 3. The fourth-order valence-corrected chi connectivity index (χ4v) is 5.06. The zero-order valence-electron chi connectivity index (χ0n) is 16.9. The highest BCUT2D eigenvalue weighted by molar-refractivity contribution is 6.33. The van der Waals surface area contributed by atoms with Gasteiger partial charge >= 0.3 is 12.3 Å². The van der Waals surface area contributed by atoms with E-state index in [-0.39, 0.29) is 17.0 Å². The molecule has 1 heterocycles. The molecule has 7 heteroatoms. The van der Waals surface area contributed by atoms with Crippen molar-refractivity contribution in [3.8, 4) is 11.1 Å². The molecule has 4 rings (SSSR count). The smallest absolute Gasteiger partial charge is 0.416 e. The summed E-state index contributed by atoms with van der Waals surface area (Å²) in [6.07, 6.45) is -2.84. The van der Waals surface area contributed by atoms with Gasteiger partial charge in [-0.15, -0.1) is 0 Å². The number of piperidine rings is 1. The molecule has 3 nitrogen and oxygen atoms in total. The van der Waals surface area contributed by atoms with E-state index in [4.69, 9.17) is 16.3 Å². The lowest BCUT2D eigenvalue weighted by molar-refractivity contribution is -0.137. The number of benzene rings is 2. The molecule has 2 atom stereocenters. The van der Waals surface area contributed by atoms with Crippen LogP contribution in [0.3, 0.4) is 0 Å². The third-order valence-electron chi connectivity index (χ3n) is 6.26. The van der Waals surface area contributed by atoms with Gasteiger partial charge in [-0.25, -0.2) is 4.79 Å². The van der Waals surface area contributed by atoms with Crippen LogP contribution in [-0.4, -0.2) is 30.7 Å². The number of hydrogen-bond donors (Lipinski definition) is 0. The number of likely N-dealkylation sites (tertiary alicyclic amines) is 1. The van der Waals surface area contributed by atoms with E-state index in [1.54, 1.807) is 11.8 Å². The van der Waals surface area contributed by atoms with E-state index in [1.807, 2.05) is 19.1 Å². The van der Waals surface area contributed by atoms with Gasteiger partial charge in [-0.1, -0.05) is 29.8 Å². The van der Waals surface area contributed by atoms with E-state index in [1.165, 1.54) is 17.2 Å². The molecule has 2 aromatic rings. The fourth-order valence-electron chi connectivity index (χ4n) is 4.78. The highest BCUT2D eigenvalue weighted by atomic mass is 35.5. The molecule has 1 amide bonds. The van der Waals surface area contributed by atoms with Crippen LogP contribution in [0.1, 0.15) is 41.5 Å². The number of aryl methyl sites for hydroxylation is 1. The van der Waals surface area contributed by atoms with Crippen LogP contribution in [-0.2, 0) is 17.3 Å². The zero-order valence-corrected chi connectivity index (χ0v) is 17.6. The largest absolute Gasteiger partial charge is 0.450 e. The Balaban J connectivity index is 1.68. The number of carbonyl (C=O) groups excluding carboxylic acids is 1. The Hall–Kier alpha value is -2.21. The number of nitrogens with zero attached hydrogens (tertiary/aromatic N) is 1. The number of halogens is 4. The Bertz CT molecular complexity index is 989. The summed E-state index contributed by atoms with van der Waals surface area (Å²) >= 11 is 6.24. The summed E-state index contributed by atoms with van der Waals surface area (Å²) in [7, 11) is 0. The molecule has 0 aromatic heterocycles. The minimum Gasteiger partial charge on any atom is -0.450 e. The molecule has 0 spiro atoms. The van der Waals surface area contributed by atoms with Crippen LogP contribution in [0.2, 0.25) is 5.02 Å². The van der Waals surface area contributed by atoms with Crippen LogP contribution < -0.4 is 0 Å². The lowest BCUT2D eigenvalue weighted by atomic mass is 9.85. The molecule has 2 aromatic carbocycles. The molecule has 160 valence electrons. The molecule has 0 saturated carbocycles. The molecule has 0 N–H and O–H groups in total. The predicted molar refractivity (Wildman–Crippen MR) is 110 cm³/mol. The molecule has 2 unspecified atom stereocenters. The van der Waals surface area contributed by atoms with E-state index in [0.717, 1.165) is 36.1 Å². The van der Waals surface area contributed by atoms with Crippen LogP contribution >= 0.6 is 11.6 Å². The summed E-state index contributed by atoms with van der Waals surface area (Å²) in [4.78, 5) is 14.0. The van der Waals surface area contributed by atoms with Crippen molar-refractivity contribution in [2.45, 2.75) is 38.8 Å². The quantitative estimate of drug-likeness (QED) is 0.540. The number of hydrogen-bond acceptors (Lipinski definition) is 2. The van der Waals surface area contributed by atoms with Crippen molar-refractivity contribution in [3.05, 3.63) is 57.6 Å². The second-order valence-electron chi connectivity index (χ2n) is 8.06. The molecule has 0 bridgehead atoms. The minimum atomic E-state index is -4.43. The number of alkyl halides is 3. The van der Waals surface area contributed by atoms with E-state index >= 15 is 0 Å². The van der Waals surface area contributed by atoms with Crippen LogP contribution in [0.25, 0.3) is 11.1 Å². The van der Waals surface area contributed by atoms with Crippen molar-refractivity contribution in [1.82, 2.24) is 4.90 Å². The molecule has 0 radical (unpaired) electrons. The first kappa shape index (κ1) is 21.0. The first-order valence-electron chi connectivity index (χ1n) is 10.1. The van der Waals surface area contributed by atoms with Gasteiger partial charge in [-0.05, 0) is 67.0 Å². The Kier molecular flexibility index (Phi) is 5.47. The number of carbonyl (C=O) groups is 1. The van der Waals surface area contributed by atoms with Gasteiger partial charge in [-0.3, -0.25) is 0 Å². The SMILES string of the molecule is CCOC(=O)N1CCC2Cc3c(C)cc(-c4ccc(C(F)(F)F)cc4Cl)cc3C2C1. The van der Waals surface area contributed by atoms with Gasteiger partial charge in [0.05, 0.1) is 12.2 Å². The van der Waals surface area contributed by atoms with Gasteiger partial charge in [0.15, 0.2) is 0 Å². The standard InChI is InChI=1S/C23H23ClF3NO2/c1-3-30-22(29)28-7-6-14-9-18-13(2)8-15(10-19(18)20(14)12-28)17-5-4-16(11-21(17)24)23(25,26)27/h4-5,8,10-11,14,20H,3,6-7,9,12H2,1-2H3. The normalized spacial score (nSPS) is 20.7. The molecule has 1 fully saturated rings. The summed E-state index contributed by atoms with van der Waals surface area (Å²) in [6, 6.07) is 7.51. The third-order valence-corrected chi connectivity index (χ3v) is 6.58. The van der Waals surface area contributed by atoms with Crippen molar-refractivity contribution in [2.24, 2.45) is 5.92 Å². The fraction of sp³-hybridized carbons (Fsp3) is 0.435. The second kappa shape index (κ2) is 7.80. The predicted octanol–water partition coefficient (Wildman–Crippen LogP) is 6.45. The molecule has 1 aliphatic heterocycles. The Morgan fingerprint density at radius 1 is 1.27 bits per heavy atom.